The van der Waals surface area contributed by atoms with E-state index in [9.17, 15) is 4.79 Å². The zero-order chi connectivity index (χ0) is 14.2. The van der Waals surface area contributed by atoms with Gasteiger partial charge in [0.05, 0.1) is 17.6 Å². The van der Waals surface area contributed by atoms with Crippen LogP contribution in [0.1, 0.15) is 23.3 Å². The molecule has 5 nitrogen and oxygen atoms in total. The average Bonchev–Trinajstić information content (AvgIpc) is 3.24. The van der Waals surface area contributed by atoms with Gasteiger partial charge in [-0.15, -0.1) is 11.3 Å². The molecule has 0 unspecified atom stereocenters. The second-order valence-corrected chi connectivity index (χ2v) is 6.18. The van der Waals surface area contributed by atoms with E-state index in [0.29, 0.717) is 17.8 Å². The van der Waals surface area contributed by atoms with E-state index in [4.69, 9.17) is 0 Å². The fraction of sp³-hybridized carbons (Fsp3) is 0.400. The number of hydrogen-bond donors (Lipinski definition) is 0. The summed E-state index contributed by atoms with van der Waals surface area (Å²) in [5.41, 5.74) is 2.30. The SMILES string of the molecule is O=C(c1cscn1)N1CC[C@@H]2[C@@H]1CCN2c1ccccn1. The number of nitrogens with zero attached hydrogens (tertiary/aromatic N) is 4. The monoisotopic (exact) mass is 300 g/mol. The molecular formula is C15H16N4OS. The Hall–Kier alpha value is -1.95. The topological polar surface area (TPSA) is 49.3 Å². The Kier molecular flexibility index (Phi) is 3.11. The molecule has 1 amide bonds. The summed E-state index contributed by atoms with van der Waals surface area (Å²) < 4.78 is 0. The van der Waals surface area contributed by atoms with E-state index < -0.39 is 0 Å². The van der Waals surface area contributed by atoms with Crippen molar-refractivity contribution in [2.24, 2.45) is 0 Å². The minimum Gasteiger partial charge on any atom is -0.351 e. The molecule has 0 aliphatic carbocycles. The van der Waals surface area contributed by atoms with Gasteiger partial charge in [-0.2, -0.15) is 0 Å². The lowest BCUT2D eigenvalue weighted by atomic mass is 10.1. The molecule has 4 rings (SSSR count). The van der Waals surface area contributed by atoms with Crippen LogP contribution in [0.3, 0.4) is 0 Å². The lowest BCUT2D eigenvalue weighted by Gasteiger charge is -2.25. The van der Waals surface area contributed by atoms with Gasteiger partial charge in [-0.25, -0.2) is 9.97 Å². The van der Waals surface area contributed by atoms with Gasteiger partial charge >= 0.3 is 0 Å². The molecule has 108 valence electrons. The number of thiazole rings is 1. The van der Waals surface area contributed by atoms with Crippen molar-refractivity contribution in [3.8, 4) is 0 Å². The highest BCUT2D eigenvalue weighted by Gasteiger charge is 2.45. The van der Waals surface area contributed by atoms with Crippen molar-refractivity contribution in [2.75, 3.05) is 18.0 Å². The van der Waals surface area contributed by atoms with Crippen molar-refractivity contribution < 1.29 is 4.79 Å². The molecule has 2 saturated heterocycles. The molecule has 0 saturated carbocycles. The molecule has 6 heteroatoms. The molecule has 0 bridgehead atoms. The number of carbonyl (C=O) groups is 1. The van der Waals surface area contributed by atoms with Crippen molar-refractivity contribution in [1.29, 1.82) is 0 Å². The van der Waals surface area contributed by atoms with Crippen LogP contribution in [-0.2, 0) is 0 Å². The van der Waals surface area contributed by atoms with Gasteiger partial charge in [-0.3, -0.25) is 4.79 Å². The zero-order valence-corrected chi connectivity index (χ0v) is 12.4. The first kappa shape index (κ1) is 12.8. The first-order chi connectivity index (χ1) is 10.3. The number of likely N-dealkylation sites (tertiary alicyclic amines) is 1. The predicted octanol–water partition coefficient (Wildman–Crippen LogP) is 2.03. The summed E-state index contributed by atoms with van der Waals surface area (Å²) in [5, 5.41) is 1.83. The van der Waals surface area contributed by atoms with Gasteiger partial charge in [0, 0.05) is 24.7 Å². The minimum atomic E-state index is 0.0756. The first-order valence-corrected chi connectivity index (χ1v) is 8.16. The van der Waals surface area contributed by atoms with E-state index in [2.05, 4.69) is 14.9 Å². The largest absolute Gasteiger partial charge is 0.351 e. The highest BCUT2D eigenvalue weighted by atomic mass is 32.1. The molecule has 0 spiro atoms. The molecule has 2 fully saturated rings. The smallest absolute Gasteiger partial charge is 0.273 e. The van der Waals surface area contributed by atoms with E-state index in [1.54, 1.807) is 5.51 Å². The van der Waals surface area contributed by atoms with Gasteiger partial charge in [0.15, 0.2) is 0 Å². The van der Waals surface area contributed by atoms with Crippen molar-refractivity contribution in [1.82, 2.24) is 14.9 Å². The summed E-state index contributed by atoms with van der Waals surface area (Å²) in [7, 11) is 0. The third kappa shape index (κ3) is 2.10. The molecule has 0 radical (unpaired) electrons. The van der Waals surface area contributed by atoms with Gasteiger partial charge in [0.1, 0.15) is 11.5 Å². The Labute approximate surface area is 127 Å². The number of carbonyl (C=O) groups excluding carboxylic acids is 1. The quantitative estimate of drug-likeness (QED) is 0.851. The van der Waals surface area contributed by atoms with Crippen LogP contribution in [0.4, 0.5) is 5.82 Å². The Balaban J connectivity index is 1.55. The minimum absolute atomic E-state index is 0.0756. The summed E-state index contributed by atoms with van der Waals surface area (Å²) >= 11 is 1.47. The Morgan fingerprint density at radius 2 is 2.10 bits per heavy atom. The maximum atomic E-state index is 12.5. The molecule has 2 atom stereocenters. The van der Waals surface area contributed by atoms with Crippen molar-refractivity contribution in [2.45, 2.75) is 24.9 Å². The lowest BCUT2D eigenvalue weighted by Crippen LogP contribution is -2.40. The van der Waals surface area contributed by atoms with Gasteiger partial charge in [-0.1, -0.05) is 6.07 Å². The standard InChI is InChI=1S/C15H16N4OS/c20-15(11-9-21-10-17-11)19-8-5-12-13(19)4-7-18(12)14-3-1-2-6-16-14/h1-3,6,9-10,12-13H,4-5,7-8H2/t12-,13+/m1/s1. The van der Waals surface area contributed by atoms with Crippen LogP contribution in [0.15, 0.2) is 35.3 Å². The highest BCUT2D eigenvalue weighted by Crippen LogP contribution is 2.34. The summed E-state index contributed by atoms with van der Waals surface area (Å²) in [6.07, 6.45) is 3.85. The molecule has 2 aromatic heterocycles. The van der Waals surface area contributed by atoms with Crippen LogP contribution in [0.5, 0.6) is 0 Å². The summed E-state index contributed by atoms with van der Waals surface area (Å²) in [6.45, 7) is 1.78. The molecular weight excluding hydrogens is 284 g/mol. The van der Waals surface area contributed by atoms with Crippen LogP contribution in [-0.4, -0.2) is 45.9 Å². The van der Waals surface area contributed by atoms with Gasteiger partial charge in [0.2, 0.25) is 0 Å². The number of hydrogen-bond acceptors (Lipinski definition) is 5. The molecule has 2 aliphatic rings. The Morgan fingerprint density at radius 3 is 2.86 bits per heavy atom. The molecule has 2 aliphatic heterocycles. The molecule has 0 aromatic carbocycles. The van der Waals surface area contributed by atoms with Crippen LogP contribution in [0, 0.1) is 0 Å². The lowest BCUT2D eigenvalue weighted by molar-refractivity contribution is 0.0732. The number of rotatable bonds is 2. The van der Waals surface area contributed by atoms with Crippen LogP contribution >= 0.6 is 11.3 Å². The summed E-state index contributed by atoms with van der Waals surface area (Å²) in [5.74, 6) is 1.10. The average molecular weight is 300 g/mol. The maximum Gasteiger partial charge on any atom is 0.273 e. The van der Waals surface area contributed by atoms with E-state index in [-0.39, 0.29) is 5.91 Å². The summed E-state index contributed by atoms with van der Waals surface area (Å²) in [4.78, 5) is 25.5. The normalized spacial score (nSPS) is 24.4. The summed E-state index contributed by atoms with van der Waals surface area (Å²) in [6, 6.07) is 6.68. The van der Waals surface area contributed by atoms with Crippen molar-refractivity contribution >= 4 is 23.1 Å². The van der Waals surface area contributed by atoms with Crippen molar-refractivity contribution in [3.63, 3.8) is 0 Å². The zero-order valence-electron chi connectivity index (χ0n) is 11.6. The Morgan fingerprint density at radius 1 is 1.19 bits per heavy atom. The van der Waals surface area contributed by atoms with Gasteiger partial charge in [-0.05, 0) is 25.0 Å². The molecule has 21 heavy (non-hydrogen) atoms. The van der Waals surface area contributed by atoms with Crippen molar-refractivity contribution in [3.05, 3.63) is 41.0 Å². The molecule has 4 heterocycles. The predicted molar refractivity (Wildman–Crippen MR) is 81.5 cm³/mol. The van der Waals surface area contributed by atoms with E-state index >= 15 is 0 Å². The van der Waals surface area contributed by atoms with Gasteiger partial charge < -0.3 is 9.80 Å². The van der Waals surface area contributed by atoms with Crippen LogP contribution in [0.2, 0.25) is 0 Å². The number of pyridine rings is 1. The maximum absolute atomic E-state index is 12.5. The molecule has 2 aromatic rings. The second kappa shape index (κ2) is 5.11. The fourth-order valence-corrected chi connectivity index (χ4v) is 4.04. The van der Waals surface area contributed by atoms with Crippen LogP contribution < -0.4 is 4.90 Å². The van der Waals surface area contributed by atoms with E-state index in [1.807, 2.05) is 34.7 Å². The third-order valence-corrected chi connectivity index (χ3v) is 5.02. The number of aromatic nitrogens is 2. The number of fused-ring (bicyclic) bond motifs is 1. The number of amides is 1. The highest BCUT2D eigenvalue weighted by molar-refractivity contribution is 7.07. The fourth-order valence-electron chi connectivity index (χ4n) is 3.51. The van der Waals surface area contributed by atoms with E-state index in [0.717, 1.165) is 31.7 Å². The Bertz CT molecular complexity index is 630. The van der Waals surface area contributed by atoms with Crippen LogP contribution in [0.25, 0.3) is 0 Å². The first-order valence-electron chi connectivity index (χ1n) is 7.21. The third-order valence-electron chi connectivity index (χ3n) is 4.43. The van der Waals surface area contributed by atoms with E-state index in [1.165, 1.54) is 11.3 Å². The number of anilines is 1. The second-order valence-electron chi connectivity index (χ2n) is 5.47. The van der Waals surface area contributed by atoms with Gasteiger partial charge in [0.25, 0.3) is 5.91 Å². The molecule has 0 N–H and O–H groups in total.